The molecule has 10 heteroatoms. The Labute approximate surface area is 184 Å². The number of hydrogen-bond donors (Lipinski definition) is 4. The number of nitrogens with zero attached hydrogens (tertiary/aromatic N) is 4. The van der Waals surface area contributed by atoms with Gasteiger partial charge in [0.2, 0.25) is 0 Å². The second-order valence-electron chi connectivity index (χ2n) is 7.86. The van der Waals surface area contributed by atoms with Gasteiger partial charge < -0.3 is 26.1 Å². The van der Waals surface area contributed by atoms with Crippen LogP contribution in [0, 0.1) is 0 Å². The number of pyridine rings is 1. The predicted molar refractivity (Wildman–Crippen MR) is 121 cm³/mol. The van der Waals surface area contributed by atoms with Crippen molar-refractivity contribution in [2.75, 3.05) is 18.8 Å². The van der Waals surface area contributed by atoms with E-state index < -0.39 is 6.09 Å². The number of para-hydroxylation sites is 1. The van der Waals surface area contributed by atoms with E-state index in [1.807, 2.05) is 31.4 Å². The number of hydrogen-bond acceptors (Lipinski definition) is 7. The molecule has 0 bridgehead atoms. The molecular formula is C22H24N8O2. The van der Waals surface area contributed by atoms with E-state index in [-0.39, 0.29) is 6.04 Å². The van der Waals surface area contributed by atoms with Gasteiger partial charge in [-0.05, 0) is 44.1 Å². The molecule has 0 spiro atoms. The van der Waals surface area contributed by atoms with Gasteiger partial charge in [-0.3, -0.25) is 4.68 Å². The summed E-state index contributed by atoms with van der Waals surface area (Å²) in [7, 11) is 1.86. The summed E-state index contributed by atoms with van der Waals surface area (Å²) in [5.74, 6) is 1.28. The van der Waals surface area contributed by atoms with Crippen molar-refractivity contribution < 1.29 is 9.53 Å². The van der Waals surface area contributed by atoms with E-state index in [0.29, 0.717) is 28.5 Å². The number of carbonyl (C=O) groups excluding carboxylic acids is 1. The molecule has 0 saturated carbocycles. The van der Waals surface area contributed by atoms with Gasteiger partial charge >= 0.3 is 6.09 Å². The van der Waals surface area contributed by atoms with Crippen molar-refractivity contribution in [1.82, 2.24) is 35.4 Å². The number of amides is 1. The van der Waals surface area contributed by atoms with E-state index >= 15 is 0 Å². The van der Waals surface area contributed by atoms with Crippen LogP contribution in [0.2, 0.25) is 0 Å². The number of anilines is 1. The highest BCUT2D eigenvalue weighted by molar-refractivity contribution is 5.88. The van der Waals surface area contributed by atoms with Gasteiger partial charge in [0.15, 0.2) is 5.75 Å². The maximum atomic E-state index is 12.4. The third-order valence-electron chi connectivity index (χ3n) is 5.55. The molecule has 1 fully saturated rings. The lowest BCUT2D eigenvalue weighted by Gasteiger charge is -2.23. The number of piperidine rings is 1. The third-order valence-corrected chi connectivity index (χ3v) is 5.55. The molecule has 0 aliphatic carbocycles. The summed E-state index contributed by atoms with van der Waals surface area (Å²) in [6.07, 6.45) is 6.66. The number of imidazole rings is 1. The first kappa shape index (κ1) is 20.0. The molecule has 1 aliphatic rings. The van der Waals surface area contributed by atoms with Crippen molar-refractivity contribution in [3.05, 3.63) is 42.9 Å². The Bertz CT molecular complexity index is 1270. The molecule has 1 saturated heterocycles. The smallest absolute Gasteiger partial charge is 0.408 e. The molecule has 1 aliphatic heterocycles. The fraction of sp³-hybridized carbons (Fsp3) is 0.273. The van der Waals surface area contributed by atoms with Crippen LogP contribution in [-0.4, -0.2) is 50.0 Å². The number of fused-ring (bicyclic) bond motifs is 1. The SMILES string of the molecule is Cn1cc(-c2cnc(N)c(-c3nc4c(OC(=O)NC5CCNCC5)cccc4[nH]3)c2)cn1. The Kier molecular flexibility index (Phi) is 5.20. The molecule has 1 amide bonds. The Morgan fingerprint density at radius 2 is 2.09 bits per heavy atom. The number of H-pyrrole nitrogens is 1. The van der Waals surface area contributed by atoms with E-state index in [1.54, 1.807) is 23.1 Å². The number of ether oxygens (including phenoxy) is 1. The quantitative estimate of drug-likeness (QED) is 0.389. The standard InChI is InChI=1S/C22H24N8O2/c1-30-12-14(11-26-30)13-9-16(20(23)25-10-13)21-28-17-3-2-4-18(19(17)29-21)32-22(31)27-15-5-7-24-8-6-15/h2-4,9-12,15,24H,5-8H2,1H3,(H2,23,25)(H,27,31)(H,28,29). The number of aromatic nitrogens is 5. The van der Waals surface area contributed by atoms with Gasteiger partial charge in [0.25, 0.3) is 0 Å². The van der Waals surface area contributed by atoms with Gasteiger partial charge in [-0.25, -0.2) is 14.8 Å². The minimum Gasteiger partial charge on any atom is -0.408 e. The van der Waals surface area contributed by atoms with Crippen molar-refractivity contribution >= 4 is 22.9 Å². The predicted octanol–water partition coefficient (Wildman–Crippen LogP) is 2.45. The lowest BCUT2D eigenvalue weighted by atomic mass is 10.1. The number of nitrogen functional groups attached to an aromatic ring is 1. The Hall–Kier alpha value is -3.92. The zero-order valence-corrected chi connectivity index (χ0v) is 17.6. The van der Waals surface area contributed by atoms with E-state index in [0.717, 1.165) is 42.6 Å². The van der Waals surface area contributed by atoms with Crippen LogP contribution in [0.3, 0.4) is 0 Å². The average molecular weight is 432 g/mol. The number of benzene rings is 1. The maximum absolute atomic E-state index is 12.4. The summed E-state index contributed by atoms with van der Waals surface area (Å²) >= 11 is 0. The molecule has 10 nitrogen and oxygen atoms in total. The summed E-state index contributed by atoms with van der Waals surface area (Å²) < 4.78 is 7.32. The van der Waals surface area contributed by atoms with Crippen LogP contribution in [0.15, 0.2) is 42.9 Å². The largest absolute Gasteiger partial charge is 0.412 e. The minimum absolute atomic E-state index is 0.110. The number of nitrogens with one attached hydrogen (secondary N) is 3. The summed E-state index contributed by atoms with van der Waals surface area (Å²) in [4.78, 5) is 24.7. The average Bonchev–Trinajstić information content (AvgIpc) is 3.42. The number of carbonyl (C=O) groups is 1. The first-order chi connectivity index (χ1) is 15.6. The lowest BCUT2D eigenvalue weighted by molar-refractivity contribution is 0.193. The first-order valence-electron chi connectivity index (χ1n) is 10.5. The van der Waals surface area contributed by atoms with Gasteiger partial charge in [0.1, 0.15) is 17.2 Å². The number of nitrogens with two attached hydrogens (primary N) is 1. The summed E-state index contributed by atoms with van der Waals surface area (Å²) in [5, 5.41) is 10.4. The first-order valence-corrected chi connectivity index (χ1v) is 10.5. The highest BCUT2D eigenvalue weighted by Crippen LogP contribution is 2.31. The maximum Gasteiger partial charge on any atom is 0.412 e. The summed E-state index contributed by atoms with van der Waals surface area (Å²) in [6.45, 7) is 1.77. The third kappa shape index (κ3) is 4.00. The molecule has 1 aromatic carbocycles. The lowest BCUT2D eigenvalue weighted by Crippen LogP contribution is -2.43. The molecule has 4 heterocycles. The van der Waals surface area contributed by atoms with Crippen molar-refractivity contribution in [3.8, 4) is 28.3 Å². The number of aryl methyl sites for hydroxylation is 1. The Morgan fingerprint density at radius 3 is 2.88 bits per heavy atom. The van der Waals surface area contributed by atoms with Crippen molar-refractivity contribution in [3.63, 3.8) is 0 Å². The summed E-state index contributed by atoms with van der Waals surface area (Å²) in [6, 6.07) is 7.44. The van der Waals surface area contributed by atoms with E-state index in [4.69, 9.17) is 10.5 Å². The second-order valence-corrected chi connectivity index (χ2v) is 7.86. The van der Waals surface area contributed by atoms with Gasteiger partial charge in [-0.15, -0.1) is 0 Å². The van der Waals surface area contributed by atoms with E-state index in [1.165, 1.54) is 0 Å². The van der Waals surface area contributed by atoms with Crippen LogP contribution in [0.4, 0.5) is 10.6 Å². The van der Waals surface area contributed by atoms with E-state index in [2.05, 4.69) is 30.7 Å². The molecule has 3 aromatic heterocycles. The van der Waals surface area contributed by atoms with Gasteiger partial charge in [-0.2, -0.15) is 5.10 Å². The van der Waals surface area contributed by atoms with Crippen molar-refractivity contribution in [1.29, 1.82) is 0 Å². The molecular weight excluding hydrogens is 408 g/mol. The second kappa shape index (κ2) is 8.31. The zero-order chi connectivity index (χ0) is 22.1. The Morgan fingerprint density at radius 1 is 1.25 bits per heavy atom. The molecule has 0 unspecified atom stereocenters. The van der Waals surface area contributed by atoms with Crippen LogP contribution < -0.4 is 21.1 Å². The monoisotopic (exact) mass is 432 g/mol. The van der Waals surface area contributed by atoms with Gasteiger partial charge in [0, 0.05) is 36.6 Å². The molecule has 5 N–H and O–H groups in total. The van der Waals surface area contributed by atoms with Crippen molar-refractivity contribution in [2.45, 2.75) is 18.9 Å². The number of rotatable bonds is 4. The molecule has 0 atom stereocenters. The normalized spacial score (nSPS) is 14.5. The molecule has 5 rings (SSSR count). The van der Waals surface area contributed by atoms with Crippen LogP contribution in [0.1, 0.15) is 12.8 Å². The van der Waals surface area contributed by atoms with E-state index in [9.17, 15) is 4.79 Å². The number of aromatic amines is 1. The highest BCUT2D eigenvalue weighted by Gasteiger charge is 2.19. The zero-order valence-electron chi connectivity index (χ0n) is 17.6. The van der Waals surface area contributed by atoms with Crippen LogP contribution in [0.25, 0.3) is 33.5 Å². The van der Waals surface area contributed by atoms with Crippen LogP contribution in [0.5, 0.6) is 5.75 Å². The Balaban J connectivity index is 1.43. The van der Waals surface area contributed by atoms with Gasteiger partial charge in [-0.1, -0.05) is 6.07 Å². The van der Waals surface area contributed by atoms with Crippen LogP contribution >= 0.6 is 0 Å². The van der Waals surface area contributed by atoms with Crippen molar-refractivity contribution in [2.24, 2.45) is 7.05 Å². The molecule has 32 heavy (non-hydrogen) atoms. The highest BCUT2D eigenvalue weighted by atomic mass is 16.6. The summed E-state index contributed by atoms with van der Waals surface area (Å²) in [5.41, 5.74) is 9.90. The molecule has 4 aromatic rings. The molecule has 0 radical (unpaired) electrons. The topological polar surface area (TPSA) is 136 Å². The fourth-order valence-electron chi connectivity index (χ4n) is 3.87. The van der Waals surface area contributed by atoms with Crippen LogP contribution in [-0.2, 0) is 7.05 Å². The minimum atomic E-state index is -0.478. The molecule has 164 valence electrons. The fourth-order valence-corrected chi connectivity index (χ4v) is 3.87. The van der Waals surface area contributed by atoms with Gasteiger partial charge in [0.05, 0.1) is 17.3 Å².